The molecule has 0 unspecified atom stereocenters. The Morgan fingerprint density at radius 2 is 1.88 bits per heavy atom. The summed E-state index contributed by atoms with van der Waals surface area (Å²) in [5, 5.41) is 13.9. The van der Waals surface area contributed by atoms with Gasteiger partial charge in [0, 0.05) is 39.4 Å². The number of hydrogen-bond acceptors (Lipinski definition) is 10. The lowest BCUT2D eigenvalue weighted by atomic mass is 10.5. The number of thioether (sulfide) groups is 1. The smallest absolute Gasteiger partial charge is 0.332 e. The largest absolute Gasteiger partial charge is 0.395 e. The third-order valence-electron chi connectivity index (χ3n) is 4.18. The summed E-state index contributed by atoms with van der Waals surface area (Å²) in [7, 11) is -1.05. The van der Waals surface area contributed by atoms with Crippen molar-refractivity contribution < 1.29 is 23.1 Å². The number of carbonyl (C=O) groups excluding carboxylic acids is 2. The maximum Gasteiger partial charge on any atom is 0.332 e. The van der Waals surface area contributed by atoms with Gasteiger partial charge in [-0.2, -0.15) is 0 Å². The van der Waals surface area contributed by atoms with Crippen molar-refractivity contribution in [2.75, 3.05) is 37.7 Å². The minimum atomic E-state index is -3.88. The predicted octanol–water partition coefficient (Wildman–Crippen LogP) is -3.41. The van der Waals surface area contributed by atoms with E-state index in [1.807, 2.05) is 4.72 Å². The van der Waals surface area contributed by atoms with E-state index in [1.165, 1.54) is 18.7 Å². The van der Waals surface area contributed by atoms with E-state index >= 15 is 0 Å². The maximum absolute atomic E-state index is 12.1. The summed E-state index contributed by atoms with van der Waals surface area (Å²) >= 11 is 1.10. The second-order valence-corrected chi connectivity index (χ2v) is 9.56. The number of nitrogens with zero attached hydrogens (tertiary/aromatic N) is 3. The molecule has 14 nitrogen and oxygen atoms in total. The van der Waals surface area contributed by atoms with Crippen LogP contribution in [0.25, 0.3) is 11.2 Å². The Balaban J connectivity index is 1.80. The van der Waals surface area contributed by atoms with Crippen LogP contribution >= 0.6 is 11.8 Å². The second kappa shape index (κ2) is 11.3. The summed E-state index contributed by atoms with van der Waals surface area (Å²) in [4.78, 5) is 54.3. The average Bonchev–Trinajstić information content (AvgIpc) is 3.16. The van der Waals surface area contributed by atoms with Crippen LogP contribution in [0.5, 0.6) is 0 Å². The molecule has 2 aromatic heterocycles. The first kappa shape index (κ1) is 25.6. The highest BCUT2D eigenvalue weighted by Crippen LogP contribution is 2.17. The number of aromatic amines is 1. The van der Waals surface area contributed by atoms with Gasteiger partial charge in [0.1, 0.15) is 0 Å². The molecule has 0 saturated carbocycles. The number of aryl methyl sites for hydroxylation is 1. The van der Waals surface area contributed by atoms with Crippen molar-refractivity contribution in [1.82, 2.24) is 34.5 Å². The van der Waals surface area contributed by atoms with Gasteiger partial charge in [-0.05, 0) is 0 Å². The fraction of sp³-hybridized carbons (Fsp3) is 0.562. The summed E-state index contributed by atoms with van der Waals surface area (Å²) in [5.74, 6) is -1.32. The Labute approximate surface area is 186 Å². The Bertz CT molecular complexity index is 1200. The Kier molecular flexibility index (Phi) is 8.99. The lowest BCUT2D eigenvalue weighted by molar-refractivity contribution is -0.120. The van der Waals surface area contributed by atoms with E-state index in [-0.39, 0.29) is 55.5 Å². The van der Waals surface area contributed by atoms with Gasteiger partial charge in [0.15, 0.2) is 16.3 Å². The molecule has 0 aliphatic heterocycles. The molecule has 0 radical (unpaired) electrons. The van der Waals surface area contributed by atoms with Gasteiger partial charge >= 0.3 is 5.69 Å². The van der Waals surface area contributed by atoms with Crippen molar-refractivity contribution in [1.29, 1.82) is 0 Å². The summed E-state index contributed by atoms with van der Waals surface area (Å²) in [6.07, 6.45) is -0.130. The predicted molar refractivity (Wildman–Crippen MR) is 117 cm³/mol. The molecule has 16 heteroatoms. The van der Waals surface area contributed by atoms with Crippen LogP contribution in [0, 0.1) is 0 Å². The van der Waals surface area contributed by atoms with Gasteiger partial charge in [-0.3, -0.25) is 28.2 Å². The number of fused-ring (bicyclic) bond motifs is 1. The Morgan fingerprint density at radius 3 is 2.56 bits per heavy atom. The molecule has 0 atom stereocenters. The standard InChI is InChI=1S/C16H25N7O7S2/c1-22-13-12(14(27)23(2)16(22)28)19-15(20-13)31-7-3-10(25)21-32(29,30)8-5-17-9-11(26)18-4-6-24/h17,24H,3-9H2,1-2H3,(H,18,26)(H,19,20)(H,21,25). The third kappa shape index (κ3) is 6.91. The van der Waals surface area contributed by atoms with E-state index in [0.29, 0.717) is 5.16 Å². The number of imidazole rings is 1. The summed E-state index contributed by atoms with van der Waals surface area (Å²) in [6, 6.07) is 0. The molecule has 5 N–H and O–H groups in total. The topological polar surface area (TPSA) is 197 Å². The SMILES string of the molecule is Cn1c(=O)c2[nH]c(SCCC(=O)NS(=O)(=O)CCNCC(=O)NCCO)nc2n(C)c1=O. The van der Waals surface area contributed by atoms with Crippen LogP contribution in [0.2, 0.25) is 0 Å². The fourth-order valence-electron chi connectivity index (χ4n) is 2.56. The number of hydrogen-bond donors (Lipinski definition) is 5. The molecule has 0 bridgehead atoms. The molecule has 0 fully saturated rings. The third-order valence-corrected chi connectivity index (χ3v) is 6.33. The number of sulfonamides is 1. The van der Waals surface area contributed by atoms with Gasteiger partial charge in [-0.25, -0.2) is 18.2 Å². The highest BCUT2D eigenvalue weighted by Gasteiger charge is 2.16. The lowest BCUT2D eigenvalue weighted by Crippen LogP contribution is -2.39. The van der Waals surface area contributed by atoms with Crippen molar-refractivity contribution in [2.45, 2.75) is 11.6 Å². The quantitative estimate of drug-likeness (QED) is 0.147. The molecule has 0 spiro atoms. The van der Waals surface area contributed by atoms with Gasteiger partial charge in [0.05, 0.1) is 18.9 Å². The minimum Gasteiger partial charge on any atom is -0.395 e. The van der Waals surface area contributed by atoms with E-state index in [9.17, 15) is 27.6 Å². The first-order valence-corrected chi connectivity index (χ1v) is 12.1. The summed E-state index contributed by atoms with van der Waals surface area (Å²) in [6.45, 7) is -0.253. The molecule has 0 aliphatic rings. The molecule has 178 valence electrons. The number of nitrogens with one attached hydrogen (secondary N) is 4. The summed E-state index contributed by atoms with van der Waals surface area (Å²) < 4.78 is 28.0. The highest BCUT2D eigenvalue weighted by molar-refractivity contribution is 7.99. The van der Waals surface area contributed by atoms with E-state index < -0.39 is 32.9 Å². The summed E-state index contributed by atoms with van der Waals surface area (Å²) in [5.41, 5.74) is -0.701. The lowest BCUT2D eigenvalue weighted by Gasteiger charge is -2.08. The van der Waals surface area contributed by atoms with Crippen LogP contribution in [0.15, 0.2) is 14.7 Å². The van der Waals surface area contributed by atoms with Gasteiger partial charge in [-0.1, -0.05) is 11.8 Å². The monoisotopic (exact) mass is 491 g/mol. The Morgan fingerprint density at radius 1 is 1.16 bits per heavy atom. The normalized spacial score (nSPS) is 11.6. The molecule has 0 aromatic carbocycles. The zero-order valence-corrected chi connectivity index (χ0v) is 19.1. The molecule has 2 aromatic rings. The van der Waals surface area contributed by atoms with Crippen LogP contribution in [0.3, 0.4) is 0 Å². The number of aromatic nitrogens is 4. The molecular formula is C16H25N7O7S2. The Hall–Kier alpha value is -2.69. The number of H-pyrrole nitrogens is 1. The van der Waals surface area contributed by atoms with Gasteiger partial charge in [0.25, 0.3) is 5.56 Å². The van der Waals surface area contributed by atoms with Crippen LogP contribution in [0.4, 0.5) is 0 Å². The second-order valence-electron chi connectivity index (χ2n) is 6.64. The fourth-order valence-corrected chi connectivity index (χ4v) is 4.33. The molecular weight excluding hydrogens is 466 g/mol. The zero-order valence-electron chi connectivity index (χ0n) is 17.5. The number of aliphatic hydroxyl groups excluding tert-OH is 1. The number of rotatable bonds is 12. The van der Waals surface area contributed by atoms with Crippen LogP contribution in [-0.4, -0.2) is 82.2 Å². The average molecular weight is 492 g/mol. The van der Waals surface area contributed by atoms with E-state index in [4.69, 9.17) is 5.11 Å². The van der Waals surface area contributed by atoms with Crippen LogP contribution in [0.1, 0.15) is 6.42 Å². The molecule has 0 saturated heterocycles. The van der Waals surface area contributed by atoms with Crippen molar-refractivity contribution in [3.8, 4) is 0 Å². The van der Waals surface area contributed by atoms with Crippen molar-refractivity contribution in [2.24, 2.45) is 14.1 Å². The van der Waals surface area contributed by atoms with Gasteiger partial charge in [0.2, 0.25) is 21.8 Å². The molecule has 32 heavy (non-hydrogen) atoms. The molecule has 2 amide bonds. The van der Waals surface area contributed by atoms with Gasteiger partial charge < -0.3 is 20.7 Å². The van der Waals surface area contributed by atoms with Crippen molar-refractivity contribution >= 4 is 44.8 Å². The van der Waals surface area contributed by atoms with Crippen molar-refractivity contribution in [3.63, 3.8) is 0 Å². The van der Waals surface area contributed by atoms with E-state index in [1.54, 1.807) is 0 Å². The van der Waals surface area contributed by atoms with Gasteiger partial charge in [-0.15, -0.1) is 0 Å². The van der Waals surface area contributed by atoms with Crippen LogP contribution < -0.4 is 26.6 Å². The number of amides is 2. The first-order chi connectivity index (χ1) is 15.1. The molecule has 2 rings (SSSR count). The zero-order chi connectivity index (χ0) is 23.9. The number of carbonyl (C=O) groups is 2. The highest BCUT2D eigenvalue weighted by atomic mass is 32.2. The first-order valence-electron chi connectivity index (χ1n) is 9.46. The number of aliphatic hydroxyl groups is 1. The minimum absolute atomic E-state index is 0.0451. The molecule has 2 heterocycles. The molecule has 0 aliphatic carbocycles. The van der Waals surface area contributed by atoms with E-state index in [2.05, 4.69) is 20.6 Å². The maximum atomic E-state index is 12.1. The van der Waals surface area contributed by atoms with Crippen molar-refractivity contribution in [3.05, 3.63) is 20.8 Å². The van der Waals surface area contributed by atoms with E-state index in [0.717, 1.165) is 16.3 Å². The van der Waals surface area contributed by atoms with Crippen LogP contribution in [-0.2, 0) is 33.7 Å².